The monoisotopic (exact) mass is 146 g/mol. The van der Waals surface area contributed by atoms with Crippen LogP contribution in [0.4, 0.5) is 5.00 Å². The molecule has 0 aromatic carbocycles. The second-order valence-electron chi connectivity index (χ2n) is 1.29. The highest BCUT2D eigenvalue weighted by atomic mass is 35.5. The normalized spacial score (nSPS) is 9.25. The number of thiophene rings is 1. The van der Waals surface area contributed by atoms with Crippen LogP contribution in [0.2, 0.25) is 5.02 Å². The lowest BCUT2D eigenvalue weighted by atomic mass is 10.6. The molecule has 0 fully saturated rings. The van der Waals surface area contributed by atoms with E-state index >= 15 is 0 Å². The first-order valence-corrected chi connectivity index (χ1v) is 3.37. The fraction of sp³-hybridized carbons (Fsp3) is 0.200. The Bertz CT molecular complexity index is 173. The van der Waals surface area contributed by atoms with Gasteiger partial charge in [-0.1, -0.05) is 11.6 Å². The van der Waals surface area contributed by atoms with E-state index in [9.17, 15) is 0 Å². The summed E-state index contributed by atoms with van der Waals surface area (Å²) >= 11 is 7.14. The molecule has 43 valence electrons. The van der Waals surface area contributed by atoms with E-state index in [4.69, 9.17) is 11.6 Å². The van der Waals surface area contributed by atoms with Crippen LogP contribution in [0.5, 0.6) is 0 Å². The van der Waals surface area contributed by atoms with Gasteiger partial charge in [-0.2, -0.15) is 0 Å². The molecule has 1 radical (unpaired) electrons. The maximum Gasteiger partial charge on any atom is 0.108 e. The fourth-order valence-electron chi connectivity index (χ4n) is 0.425. The lowest BCUT2D eigenvalue weighted by molar-refractivity contribution is 1.59. The van der Waals surface area contributed by atoms with Crippen molar-refractivity contribution in [3.8, 4) is 0 Å². The molecule has 0 spiro atoms. The third kappa shape index (κ3) is 0.956. The Labute approximate surface area is 57.3 Å². The SMILES string of the molecule is CNc1s[c]cc1Cl. The predicted molar refractivity (Wildman–Crippen MR) is 37.7 cm³/mol. The van der Waals surface area contributed by atoms with Crippen LogP contribution in [-0.4, -0.2) is 7.05 Å². The molecule has 0 aliphatic carbocycles. The zero-order valence-corrected chi connectivity index (χ0v) is 5.94. The molecule has 1 rings (SSSR count). The van der Waals surface area contributed by atoms with Crippen molar-refractivity contribution in [1.29, 1.82) is 0 Å². The minimum atomic E-state index is 0.748. The van der Waals surface area contributed by atoms with Gasteiger partial charge in [0.25, 0.3) is 0 Å². The molecule has 0 saturated heterocycles. The summed E-state index contributed by atoms with van der Waals surface area (Å²) in [5.74, 6) is 0. The van der Waals surface area contributed by atoms with Crippen molar-refractivity contribution >= 4 is 27.9 Å². The molecule has 0 bridgehead atoms. The van der Waals surface area contributed by atoms with Gasteiger partial charge in [0.1, 0.15) is 5.00 Å². The van der Waals surface area contributed by atoms with Crippen molar-refractivity contribution in [3.63, 3.8) is 0 Å². The van der Waals surface area contributed by atoms with E-state index in [1.807, 2.05) is 7.05 Å². The van der Waals surface area contributed by atoms with E-state index in [1.165, 1.54) is 11.3 Å². The molecule has 0 saturated carbocycles. The molecule has 0 amide bonds. The van der Waals surface area contributed by atoms with E-state index in [0.717, 1.165) is 10.0 Å². The minimum Gasteiger partial charge on any atom is -0.379 e. The third-order valence-corrected chi connectivity index (χ3v) is 2.06. The zero-order chi connectivity index (χ0) is 5.98. The lowest BCUT2D eigenvalue weighted by Crippen LogP contribution is -1.81. The highest BCUT2D eigenvalue weighted by Gasteiger charge is 1.95. The Morgan fingerprint density at radius 1 is 1.88 bits per heavy atom. The van der Waals surface area contributed by atoms with Gasteiger partial charge in [0.15, 0.2) is 0 Å². The highest BCUT2D eigenvalue weighted by molar-refractivity contribution is 7.14. The van der Waals surface area contributed by atoms with Crippen LogP contribution in [0.15, 0.2) is 6.07 Å². The van der Waals surface area contributed by atoms with E-state index in [0.29, 0.717) is 0 Å². The summed E-state index contributed by atoms with van der Waals surface area (Å²) < 4.78 is 0. The van der Waals surface area contributed by atoms with Gasteiger partial charge in [0.05, 0.1) is 5.02 Å². The Morgan fingerprint density at radius 3 is 2.88 bits per heavy atom. The second-order valence-corrected chi connectivity index (χ2v) is 2.55. The van der Waals surface area contributed by atoms with Crippen molar-refractivity contribution in [3.05, 3.63) is 16.5 Å². The Hall–Kier alpha value is -0.210. The predicted octanol–water partition coefficient (Wildman–Crippen LogP) is 2.24. The molecule has 0 aliphatic heterocycles. The Balaban J connectivity index is 2.92. The molecule has 1 nitrogen and oxygen atoms in total. The van der Waals surface area contributed by atoms with Gasteiger partial charge < -0.3 is 5.32 Å². The summed E-state index contributed by atoms with van der Waals surface area (Å²) in [7, 11) is 1.84. The standard InChI is InChI=1S/C5H5ClNS/c1-7-5-4(6)2-3-8-5/h2,7H,1H3. The Kier molecular flexibility index (Phi) is 1.76. The molecule has 0 atom stereocenters. The number of nitrogens with one attached hydrogen (secondary N) is 1. The molecule has 0 unspecified atom stereocenters. The van der Waals surface area contributed by atoms with Crippen LogP contribution < -0.4 is 5.32 Å². The number of rotatable bonds is 1. The van der Waals surface area contributed by atoms with E-state index in [2.05, 4.69) is 10.7 Å². The summed E-state index contributed by atoms with van der Waals surface area (Å²) in [6.07, 6.45) is 0. The lowest BCUT2D eigenvalue weighted by Gasteiger charge is -1.90. The van der Waals surface area contributed by atoms with Gasteiger partial charge in [-0.05, 0) is 6.07 Å². The molecule has 0 aliphatic rings. The second kappa shape index (κ2) is 2.37. The highest BCUT2D eigenvalue weighted by Crippen LogP contribution is 2.26. The van der Waals surface area contributed by atoms with Crippen molar-refractivity contribution in [1.82, 2.24) is 0 Å². The van der Waals surface area contributed by atoms with Crippen molar-refractivity contribution in [2.75, 3.05) is 12.4 Å². The minimum absolute atomic E-state index is 0.748. The molecule has 1 N–H and O–H groups in total. The van der Waals surface area contributed by atoms with Crippen LogP contribution in [0.25, 0.3) is 0 Å². The van der Waals surface area contributed by atoms with Crippen LogP contribution >= 0.6 is 22.9 Å². The summed E-state index contributed by atoms with van der Waals surface area (Å²) in [5, 5.41) is 7.55. The molecular formula is C5H5ClNS. The van der Waals surface area contributed by atoms with Gasteiger partial charge in [-0.25, -0.2) is 0 Å². The summed E-state index contributed by atoms with van der Waals surface area (Å²) in [6, 6.07) is 1.75. The van der Waals surface area contributed by atoms with Crippen molar-refractivity contribution in [2.24, 2.45) is 0 Å². The zero-order valence-electron chi connectivity index (χ0n) is 4.36. The van der Waals surface area contributed by atoms with Gasteiger partial charge in [0.2, 0.25) is 0 Å². The van der Waals surface area contributed by atoms with Gasteiger partial charge in [-0.3, -0.25) is 0 Å². The number of halogens is 1. The van der Waals surface area contributed by atoms with Crippen LogP contribution in [0.1, 0.15) is 0 Å². The molecule has 1 aromatic heterocycles. The third-order valence-electron chi connectivity index (χ3n) is 0.791. The summed E-state index contributed by atoms with van der Waals surface area (Å²) in [6.45, 7) is 0. The van der Waals surface area contributed by atoms with Crippen LogP contribution in [-0.2, 0) is 0 Å². The first-order valence-electron chi connectivity index (χ1n) is 2.17. The van der Waals surface area contributed by atoms with E-state index in [-0.39, 0.29) is 0 Å². The fourth-order valence-corrected chi connectivity index (χ4v) is 1.31. The van der Waals surface area contributed by atoms with Crippen LogP contribution in [0.3, 0.4) is 0 Å². The molecule has 1 heterocycles. The van der Waals surface area contributed by atoms with Crippen molar-refractivity contribution in [2.45, 2.75) is 0 Å². The Morgan fingerprint density at radius 2 is 2.62 bits per heavy atom. The first-order chi connectivity index (χ1) is 3.84. The van der Waals surface area contributed by atoms with E-state index in [1.54, 1.807) is 6.07 Å². The van der Waals surface area contributed by atoms with Gasteiger partial charge in [-0.15, -0.1) is 11.3 Å². The van der Waals surface area contributed by atoms with Crippen LogP contribution in [0, 0.1) is 5.38 Å². The quantitative estimate of drug-likeness (QED) is 0.641. The molecular weight excluding hydrogens is 142 g/mol. The van der Waals surface area contributed by atoms with E-state index < -0.39 is 0 Å². The smallest absolute Gasteiger partial charge is 0.108 e. The molecule has 8 heavy (non-hydrogen) atoms. The number of hydrogen-bond donors (Lipinski definition) is 1. The maximum atomic E-state index is 5.66. The average molecular weight is 147 g/mol. The first kappa shape index (κ1) is 5.92. The molecule has 3 heteroatoms. The number of anilines is 1. The summed E-state index contributed by atoms with van der Waals surface area (Å²) in [5.41, 5.74) is 0. The average Bonchev–Trinajstić information content (AvgIpc) is 2.14. The number of hydrogen-bond acceptors (Lipinski definition) is 2. The van der Waals surface area contributed by atoms with Gasteiger partial charge >= 0.3 is 0 Å². The van der Waals surface area contributed by atoms with Gasteiger partial charge in [0, 0.05) is 12.4 Å². The maximum absolute atomic E-state index is 5.66. The largest absolute Gasteiger partial charge is 0.379 e. The molecule has 1 aromatic rings. The van der Waals surface area contributed by atoms with Crippen molar-refractivity contribution < 1.29 is 0 Å². The summed E-state index contributed by atoms with van der Waals surface area (Å²) in [4.78, 5) is 0. The topological polar surface area (TPSA) is 12.0 Å².